The van der Waals surface area contributed by atoms with E-state index in [1.54, 1.807) is 7.05 Å². The maximum atomic E-state index is 12.1. The molecule has 4 aromatic rings. The largest absolute Gasteiger partial charge is 0.354 e. The predicted molar refractivity (Wildman–Crippen MR) is 111 cm³/mol. The molecule has 7 heteroatoms. The summed E-state index contributed by atoms with van der Waals surface area (Å²) >= 11 is 1.51. The van der Waals surface area contributed by atoms with E-state index in [0.717, 1.165) is 21.7 Å². The number of imidazole rings is 1. The summed E-state index contributed by atoms with van der Waals surface area (Å²) in [5.41, 5.74) is 4.68. The lowest BCUT2D eigenvalue weighted by molar-refractivity contribution is 0.0959. The zero-order valence-electron chi connectivity index (χ0n) is 15.5. The molecule has 140 valence electrons. The van der Waals surface area contributed by atoms with Crippen LogP contribution in [0, 0.1) is 6.92 Å². The maximum absolute atomic E-state index is 12.1. The van der Waals surface area contributed by atoms with Crippen LogP contribution in [-0.2, 0) is 0 Å². The van der Waals surface area contributed by atoms with Crippen molar-refractivity contribution in [1.29, 1.82) is 0 Å². The first-order valence-electron chi connectivity index (χ1n) is 8.80. The van der Waals surface area contributed by atoms with Crippen molar-refractivity contribution in [3.63, 3.8) is 0 Å². The highest BCUT2D eigenvalue weighted by molar-refractivity contribution is 7.07. The molecule has 0 aliphatic rings. The quantitative estimate of drug-likeness (QED) is 0.557. The van der Waals surface area contributed by atoms with Crippen LogP contribution in [0.2, 0.25) is 0 Å². The highest BCUT2D eigenvalue weighted by Crippen LogP contribution is 2.24. The second kappa shape index (κ2) is 7.66. The third-order valence-corrected chi connectivity index (χ3v) is 5.17. The number of thiazole rings is 1. The van der Waals surface area contributed by atoms with Crippen molar-refractivity contribution in [1.82, 2.24) is 19.9 Å². The number of aromatic nitrogens is 3. The van der Waals surface area contributed by atoms with Crippen LogP contribution in [0.4, 0.5) is 5.82 Å². The third kappa shape index (κ3) is 3.39. The molecule has 2 heterocycles. The molecule has 2 aromatic heterocycles. The Balaban J connectivity index is 1.93. The molecule has 0 aliphatic heterocycles. The Hall–Kier alpha value is -3.45. The first-order chi connectivity index (χ1) is 13.7. The molecule has 0 aliphatic carbocycles. The monoisotopic (exact) mass is 389 g/mol. The average Bonchev–Trinajstić information content (AvgIpc) is 3.36. The lowest BCUT2D eigenvalue weighted by atomic mass is 10.1. The van der Waals surface area contributed by atoms with Crippen LogP contribution in [0.1, 0.15) is 16.1 Å². The van der Waals surface area contributed by atoms with Gasteiger partial charge in [-0.1, -0.05) is 48.0 Å². The summed E-state index contributed by atoms with van der Waals surface area (Å²) in [5, 5.41) is 4.67. The fourth-order valence-corrected chi connectivity index (χ4v) is 3.80. The normalized spacial score (nSPS) is 11.6. The van der Waals surface area contributed by atoms with Crippen LogP contribution in [0.15, 0.2) is 71.3 Å². The second-order valence-corrected chi connectivity index (χ2v) is 7.07. The summed E-state index contributed by atoms with van der Waals surface area (Å²) in [7, 11) is 1.58. The van der Waals surface area contributed by atoms with Crippen molar-refractivity contribution in [2.24, 2.45) is 4.99 Å². The van der Waals surface area contributed by atoms with Gasteiger partial charge < -0.3 is 10.3 Å². The zero-order chi connectivity index (χ0) is 19.5. The van der Waals surface area contributed by atoms with E-state index < -0.39 is 0 Å². The Labute approximate surface area is 166 Å². The number of H-pyrrole nitrogens is 1. The molecular formula is C21H19N5OS. The molecule has 28 heavy (non-hydrogen) atoms. The van der Waals surface area contributed by atoms with Gasteiger partial charge in [-0.3, -0.25) is 9.36 Å². The molecule has 2 aromatic carbocycles. The minimum atomic E-state index is -0.252. The highest BCUT2D eigenvalue weighted by atomic mass is 32.1. The van der Waals surface area contributed by atoms with Crippen LogP contribution in [0.5, 0.6) is 0 Å². The predicted octanol–water partition coefficient (Wildman–Crippen LogP) is 3.83. The van der Waals surface area contributed by atoms with Gasteiger partial charge in [-0.15, -0.1) is 11.3 Å². The van der Waals surface area contributed by atoms with Crippen LogP contribution in [0.3, 0.4) is 0 Å². The summed E-state index contributed by atoms with van der Waals surface area (Å²) in [6.45, 7) is 2.07. The Morgan fingerprint density at radius 2 is 1.89 bits per heavy atom. The lowest BCUT2D eigenvalue weighted by Crippen LogP contribution is -2.19. The van der Waals surface area contributed by atoms with Crippen molar-refractivity contribution in [2.45, 2.75) is 6.92 Å². The van der Waals surface area contributed by atoms with Gasteiger partial charge in [0.25, 0.3) is 5.91 Å². The number of hydrogen-bond donors (Lipinski definition) is 2. The number of carbonyl (C=O) groups is 1. The summed E-state index contributed by atoms with van der Waals surface area (Å²) < 4.78 is 2.08. The number of hydrogen-bond acceptors (Lipinski definition) is 4. The molecule has 0 bridgehead atoms. The second-order valence-electron chi connectivity index (χ2n) is 6.23. The third-order valence-electron chi connectivity index (χ3n) is 4.34. The van der Waals surface area contributed by atoms with Gasteiger partial charge in [0.1, 0.15) is 0 Å². The molecular weight excluding hydrogens is 370 g/mol. The van der Waals surface area contributed by atoms with Gasteiger partial charge in [0.2, 0.25) is 0 Å². The number of para-hydroxylation sites is 1. The van der Waals surface area contributed by atoms with Gasteiger partial charge in [-0.05, 0) is 24.6 Å². The molecule has 2 N–H and O–H groups in total. The van der Waals surface area contributed by atoms with Crippen LogP contribution in [0.25, 0.3) is 16.9 Å². The van der Waals surface area contributed by atoms with Crippen LogP contribution in [-0.4, -0.2) is 27.5 Å². The highest BCUT2D eigenvalue weighted by Gasteiger charge is 2.14. The number of aryl methyl sites for hydroxylation is 1. The molecule has 0 saturated carbocycles. The smallest absolute Gasteiger partial charge is 0.271 e. The van der Waals surface area contributed by atoms with Crippen molar-refractivity contribution in [2.75, 3.05) is 7.05 Å². The van der Waals surface area contributed by atoms with Crippen molar-refractivity contribution < 1.29 is 4.79 Å². The number of aromatic amines is 1. The number of amides is 1. The van der Waals surface area contributed by atoms with Gasteiger partial charge >= 0.3 is 0 Å². The first-order valence-corrected chi connectivity index (χ1v) is 9.68. The van der Waals surface area contributed by atoms with Gasteiger partial charge in [0, 0.05) is 18.1 Å². The number of carbonyl (C=O) groups excluding carboxylic acids is 1. The van der Waals surface area contributed by atoms with Crippen LogP contribution >= 0.6 is 11.3 Å². The minimum absolute atomic E-state index is 0.252. The number of nitrogens with one attached hydrogen (secondary N) is 2. The fraction of sp³-hybridized carbons (Fsp3) is 0.0952. The minimum Gasteiger partial charge on any atom is -0.354 e. The standard InChI is InChI=1S/C21H19N5OS/c1-14-8-10-15(11-9-14)17-12-28-21(26(17)16-6-4-3-5-7-16)25-19-18(20(27)22-2)23-13-24-19/h3-13H,1-2H3,(H,22,27)(H,23,24). The molecule has 0 unspecified atom stereocenters. The van der Waals surface area contributed by atoms with Gasteiger partial charge in [-0.25, -0.2) is 4.98 Å². The van der Waals surface area contributed by atoms with E-state index in [1.807, 2.05) is 30.3 Å². The molecule has 1 amide bonds. The molecule has 0 radical (unpaired) electrons. The van der Waals surface area contributed by atoms with E-state index in [9.17, 15) is 4.79 Å². The van der Waals surface area contributed by atoms with Crippen molar-refractivity contribution in [3.8, 4) is 16.9 Å². The Morgan fingerprint density at radius 3 is 2.61 bits per heavy atom. The van der Waals surface area contributed by atoms with Gasteiger partial charge in [-0.2, -0.15) is 4.99 Å². The zero-order valence-corrected chi connectivity index (χ0v) is 16.3. The van der Waals surface area contributed by atoms with Gasteiger partial charge in [0.05, 0.1) is 12.0 Å². The average molecular weight is 389 g/mol. The SMILES string of the molecule is CNC(=O)c1[nH]cnc1N=c1scc(-c2ccc(C)cc2)n1-c1ccccc1. The molecule has 0 spiro atoms. The molecule has 6 nitrogen and oxygen atoms in total. The number of rotatable bonds is 4. The first kappa shape index (κ1) is 17.9. The molecule has 0 atom stereocenters. The van der Waals surface area contributed by atoms with Crippen molar-refractivity contribution >= 4 is 23.1 Å². The molecule has 0 fully saturated rings. The summed E-state index contributed by atoms with van der Waals surface area (Å²) in [5.74, 6) is 0.110. The summed E-state index contributed by atoms with van der Waals surface area (Å²) in [6, 6.07) is 18.4. The molecule has 4 rings (SSSR count). The van der Waals surface area contributed by atoms with Crippen LogP contribution < -0.4 is 10.1 Å². The Bertz CT molecular complexity index is 1170. The van der Waals surface area contributed by atoms with E-state index in [-0.39, 0.29) is 5.91 Å². The lowest BCUT2D eigenvalue weighted by Gasteiger charge is -2.09. The Kier molecular flexibility index (Phi) is 4.90. The van der Waals surface area contributed by atoms with E-state index in [0.29, 0.717) is 11.5 Å². The van der Waals surface area contributed by atoms with Crippen molar-refractivity contribution in [3.05, 3.63) is 82.4 Å². The van der Waals surface area contributed by atoms with E-state index in [1.165, 1.54) is 23.2 Å². The Morgan fingerprint density at radius 1 is 1.14 bits per heavy atom. The van der Waals surface area contributed by atoms with E-state index in [4.69, 9.17) is 0 Å². The summed E-state index contributed by atoms with van der Waals surface area (Å²) in [6.07, 6.45) is 1.48. The maximum Gasteiger partial charge on any atom is 0.271 e. The number of nitrogens with zero attached hydrogens (tertiary/aromatic N) is 3. The van der Waals surface area contributed by atoms with E-state index in [2.05, 4.69) is 61.4 Å². The topological polar surface area (TPSA) is 75.1 Å². The van der Waals surface area contributed by atoms with E-state index >= 15 is 0 Å². The summed E-state index contributed by atoms with van der Waals surface area (Å²) in [4.78, 5) is 24.6. The number of benzene rings is 2. The molecule has 0 saturated heterocycles. The van der Waals surface area contributed by atoms with Gasteiger partial charge in [0.15, 0.2) is 16.3 Å². The fourth-order valence-electron chi connectivity index (χ4n) is 2.90.